The SMILES string of the molecule is CCOC(=O)c1sc(NC(=O)CC2c3ccccc3CCN2C(C)=O)nc1-c1ccccc1. The monoisotopic (exact) mass is 463 g/mol. The molecular weight excluding hydrogens is 438 g/mol. The molecule has 2 heterocycles. The lowest BCUT2D eigenvalue weighted by Crippen LogP contribution is -2.40. The molecule has 1 unspecified atom stereocenters. The van der Waals surface area contributed by atoms with Crippen LogP contribution in [0.25, 0.3) is 11.3 Å². The summed E-state index contributed by atoms with van der Waals surface area (Å²) in [6.07, 6.45) is 0.870. The predicted molar refractivity (Wildman–Crippen MR) is 127 cm³/mol. The number of nitrogens with one attached hydrogen (secondary N) is 1. The third-order valence-electron chi connectivity index (χ3n) is 5.58. The summed E-state index contributed by atoms with van der Waals surface area (Å²) in [4.78, 5) is 44.3. The van der Waals surface area contributed by atoms with Gasteiger partial charge >= 0.3 is 5.97 Å². The Morgan fingerprint density at radius 2 is 1.85 bits per heavy atom. The lowest BCUT2D eigenvalue weighted by Gasteiger charge is -2.36. The fraction of sp³-hybridized carbons (Fsp3) is 0.280. The second kappa shape index (κ2) is 9.95. The normalized spacial score (nSPS) is 15.0. The largest absolute Gasteiger partial charge is 0.462 e. The Kier molecular flexibility index (Phi) is 6.84. The third kappa shape index (κ3) is 4.96. The maximum atomic E-state index is 13.0. The van der Waals surface area contributed by atoms with Crippen LogP contribution in [0.2, 0.25) is 0 Å². The zero-order chi connectivity index (χ0) is 23.4. The summed E-state index contributed by atoms with van der Waals surface area (Å²) >= 11 is 1.09. The van der Waals surface area contributed by atoms with Crippen LogP contribution < -0.4 is 5.32 Å². The summed E-state index contributed by atoms with van der Waals surface area (Å²) in [5.41, 5.74) is 3.38. The van der Waals surface area contributed by atoms with E-state index in [0.29, 0.717) is 22.2 Å². The van der Waals surface area contributed by atoms with Crippen LogP contribution in [-0.4, -0.2) is 40.8 Å². The molecule has 4 rings (SSSR count). The van der Waals surface area contributed by atoms with Crippen LogP contribution in [0, 0.1) is 0 Å². The average molecular weight is 464 g/mol. The number of ether oxygens (including phenoxy) is 1. The maximum Gasteiger partial charge on any atom is 0.350 e. The number of hydrogen-bond acceptors (Lipinski definition) is 6. The number of hydrogen-bond donors (Lipinski definition) is 1. The van der Waals surface area contributed by atoms with Crippen molar-refractivity contribution < 1.29 is 19.1 Å². The number of carbonyl (C=O) groups is 3. The minimum Gasteiger partial charge on any atom is -0.462 e. The minimum atomic E-state index is -0.474. The Labute approximate surface area is 196 Å². The van der Waals surface area contributed by atoms with Crippen LogP contribution in [0.1, 0.15) is 47.1 Å². The van der Waals surface area contributed by atoms with Gasteiger partial charge in [0.25, 0.3) is 0 Å². The van der Waals surface area contributed by atoms with Crippen molar-refractivity contribution in [2.24, 2.45) is 0 Å². The van der Waals surface area contributed by atoms with E-state index in [-0.39, 0.29) is 30.9 Å². The number of fused-ring (bicyclic) bond motifs is 1. The minimum absolute atomic E-state index is 0.0625. The van der Waals surface area contributed by atoms with E-state index in [1.165, 1.54) is 6.92 Å². The number of amides is 2. The van der Waals surface area contributed by atoms with E-state index >= 15 is 0 Å². The maximum absolute atomic E-state index is 13.0. The highest BCUT2D eigenvalue weighted by Gasteiger charge is 2.31. The molecule has 8 heteroatoms. The topological polar surface area (TPSA) is 88.6 Å². The molecule has 1 N–H and O–H groups in total. The van der Waals surface area contributed by atoms with Gasteiger partial charge in [0, 0.05) is 19.0 Å². The van der Waals surface area contributed by atoms with Crippen LogP contribution in [0.5, 0.6) is 0 Å². The quantitative estimate of drug-likeness (QED) is 0.545. The van der Waals surface area contributed by atoms with E-state index in [2.05, 4.69) is 10.3 Å². The lowest BCUT2D eigenvalue weighted by atomic mass is 9.90. The highest BCUT2D eigenvalue weighted by atomic mass is 32.1. The van der Waals surface area contributed by atoms with Gasteiger partial charge < -0.3 is 15.0 Å². The summed E-state index contributed by atoms with van der Waals surface area (Å²) in [6, 6.07) is 16.9. The van der Waals surface area contributed by atoms with Crippen LogP contribution in [0.15, 0.2) is 54.6 Å². The van der Waals surface area contributed by atoms with Gasteiger partial charge in [0.15, 0.2) is 5.13 Å². The molecule has 0 saturated heterocycles. The van der Waals surface area contributed by atoms with Crippen LogP contribution in [-0.2, 0) is 20.7 Å². The van der Waals surface area contributed by atoms with Gasteiger partial charge in [0.1, 0.15) is 4.88 Å². The Morgan fingerprint density at radius 1 is 1.12 bits per heavy atom. The van der Waals surface area contributed by atoms with Crippen LogP contribution in [0.4, 0.5) is 5.13 Å². The Morgan fingerprint density at radius 3 is 2.58 bits per heavy atom. The zero-order valence-electron chi connectivity index (χ0n) is 18.5. The van der Waals surface area contributed by atoms with E-state index < -0.39 is 5.97 Å². The highest BCUT2D eigenvalue weighted by molar-refractivity contribution is 7.18. The van der Waals surface area contributed by atoms with Crippen molar-refractivity contribution in [3.05, 3.63) is 70.6 Å². The fourth-order valence-electron chi connectivity index (χ4n) is 4.09. The molecule has 0 radical (unpaired) electrons. The van der Waals surface area contributed by atoms with Crippen molar-refractivity contribution in [1.82, 2.24) is 9.88 Å². The molecule has 33 heavy (non-hydrogen) atoms. The molecule has 1 aliphatic rings. The van der Waals surface area contributed by atoms with Gasteiger partial charge in [-0.05, 0) is 24.5 Å². The van der Waals surface area contributed by atoms with Gasteiger partial charge in [0.2, 0.25) is 11.8 Å². The first-order valence-corrected chi connectivity index (χ1v) is 11.7. The van der Waals surface area contributed by atoms with Gasteiger partial charge in [-0.3, -0.25) is 9.59 Å². The number of anilines is 1. The van der Waals surface area contributed by atoms with E-state index in [0.717, 1.165) is 34.4 Å². The van der Waals surface area contributed by atoms with Crippen molar-refractivity contribution in [2.45, 2.75) is 32.7 Å². The summed E-state index contributed by atoms with van der Waals surface area (Å²) in [7, 11) is 0. The second-order valence-electron chi connectivity index (χ2n) is 7.71. The van der Waals surface area contributed by atoms with Gasteiger partial charge in [0.05, 0.1) is 24.8 Å². The Bertz CT molecular complexity index is 1180. The third-order valence-corrected chi connectivity index (χ3v) is 6.53. The predicted octanol–water partition coefficient (Wildman–Crippen LogP) is 4.46. The first kappa shape index (κ1) is 22.7. The van der Waals surface area contributed by atoms with Crippen molar-refractivity contribution in [3.8, 4) is 11.3 Å². The lowest BCUT2D eigenvalue weighted by molar-refractivity contribution is -0.132. The number of aromatic nitrogens is 1. The molecule has 7 nitrogen and oxygen atoms in total. The Balaban J connectivity index is 1.58. The molecule has 0 spiro atoms. The molecule has 0 aliphatic carbocycles. The van der Waals surface area contributed by atoms with E-state index in [4.69, 9.17) is 4.74 Å². The highest BCUT2D eigenvalue weighted by Crippen LogP contribution is 2.34. The zero-order valence-corrected chi connectivity index (χ0v) is 19.4. The van der Waals surface area contributed by atoms with E-state index in [1.807, 2.05) is 54.6 Å². The van der Waals surface area contributed by atoms with Crippen LogP contribution >= 0.6 is 11.3 Å². The second-order valence-corrected chi connectivity index (χ2v) is 8.71. The molecule has 2 amide bonds. The molecule has 3 aromatic rings. The number of benzene rings is 2. The van der Waals surface area contributed by atoms with E-state index in [9.17, 15) is 14.4 Å². The molecule has 0 fully saturated rings. The molecule has 170 valence electrons. The molecule has 0 saturated carbocycles. The summed E-state index contributed by atoms with van der Waals surface area (Å²) in [5, 5.41) is 3.15. The molecule has 1 aromatic heterocycles. The fourth-order valence-corrected chi connectivity index (χ4v) is 4.99. The van der Waals surface area contributed by atoms with Gasteiger partial charge in [-0.1, -0.05) is 65.9 Å². The smallest absolute Gasteiger partial charge is 0.350 e. The summed E-state index contributed by atoms with van der Waals surface area (Å²) in [6.45, 7) is 4.09. The van der Waals surface area contributed by atoms with Gasteiger partial charge in [-0.15, -0.1) is 0 Å². The number of thiazole rings is 1. The average Bonchev–Trinajstić information content (AvgIpc) is 3.23. The standard InChI is InChI=1S/C25H25N3O4S/c1-3-32-24(31)23-22(18-10-5-4-6-11-18)27-25(33-23)26-21(30)15-20-19-12-8-7-9-17(19)13-14-28(20)16(2)29/h4-12,20H,3,13-15H2,1-2H3,(H,26,27,30). The summed E-state index contributed by atoms with van der Waals surface area (Å²) < 4.78 is 5.18. The molecule has 1 aliphatic heterocycles. The molecule has 0 bridgehead atoms. The first-order chi connectivity index (χ1) is 16.0. The van der Waals surface area contributed by atoms with Gasteiger partial charge in [-0.2, -0.15) is 0 Å². The summed E-state index contributed by atoms with van der Waals surface area (Å²) in [5.74, 6) is -0.808. The van der Waals surface area contributed by atoms with Crippen molar-refractivity contribution in [2.75, 3.05) is 18.5 Å². The number of carbonyl (C=O) groups excluding carboxylic acids is 3. The molecule has 1 atom stereocenters. The van der Waals surface area contributed by atoms with Crippen molar-refractivity contribution >= 4 is 34.3 Å². The number of esters is 1. The van der Waals surface area contributed by atoms with Crippen molar-refractivity contribution in [1.29, 1.82) is 0 Å². The van der Waals surface area contributed by atoms with Gasteiger partial charge in [-0.25, -0.2) is 9.78 Å². The Hall–Kier alpha value is -3.52. The first-order valence-electron chi connectivity index (χ1n) is 10.9. The molecule has 2 aromatic carbocycles. The van der Waals surface area contributed by atoms with E-state index in [1.54, 1.807) is 11.8 Å². The molecular formula is C25H25N3O4S. The van der Waals surface area contributed by atoms with Crippen LogP contribution in [0.3, 0.4) is 0 Å². The number of rotatable bonds is 6. The number of nitrogens with zero attached hydrogens (tertiary/aromatic N) is 2. The van der Waals surface area contributed by atoms with Crippen molar-refractivity contribution in [3.63, 3.8) is 0 Å².